The van der Waals surface area contributed by atoms with Gasteiger partial charge >= 0.3 is 0 Å². The summed E-state index contributed by atoms with van der Waals surface area (Å²) in [6, 6.07) is 0. The zero-order valence-electron chi connectivity index (χ0n) is 5.88. The van der Waals surface area contributed by atoms with Gasteiger partial charge < -0.3 is 4.79 Å². The molecule has 0 spiro atoms. The Morgan fingerprint density at radius 3 is 3.18 bits per heavy atom. The molecule has 0 unspecified atom stereocenters. The van der Waals surface area contributed by atoms with Crippen molar-refractivity contribution >= 4 is 22.2 Å². The Morgan fingerprint density at radius 1 is 1.64 bits per heavy atom. The van der Waals surface area contributed by atoms with Gasteiger partial charge in [-0.15, -0.1) is 5.73 Å². The molecule has 0 fully saturated rings. The molecule has 0 saturated heterocycles. The summed E-state index contributed by atoms with van der Waals surface area (Å²) >= 11 is 3.35. The molecule has 1 aliphatic rings. The van der Waals surface area contributed by atoms with Crippen LogP contribution in [-0.4, -0.2) is 6.29 Å². The first-order chi connectivity index (χ1) is 5.34. The van der Waals surface area contributed by atoms with E-state index in [1.54, 1.807) is 12.2 Å². The van der Waals surface area contributed by atoms with Crippen LogP contribution >= 0.6 is 15.9 Å². The SMILES string of the molecule is O=CCC1=C(Br)C=CC=C=C1. The van der Waals surface area contributed by atoms with Crippen LogP contribution in [-0.2, 0) is 4.79 Å². The number of carbonyl (C=O) groups excluding carboxylic acids is 1. The van der Waals surface area contributed by atoms with Crippen LogP contribution in [0.4, 0.5) is 0 Å². The molecule has 0 radical (unpaired) electrons. The summed E-state index contributed by atoms with van der Waals surface area (Å²) in [5, 5.41) is 0. The van der Waals surface area contributed by atoms with E-state index in [2.05, 4.69) is 21.7 Å². The van der Waals surface area contributed by atoms with Crippen molar-refractivity contribution in [2.75, 3.05) is 0 Å². The summed E-state index contributed by atoms with van der Waals surface area (Å²) in [7, 11) is 0. The summed E-state index contributed by atoms with van der Waals surface area (Å²) in [5.41, 5.74) is 3.89. The second-order valence-electron chi connectivity index (χ2n) is 2.08. The molecule has 0 N–H and O–H groups in total. The predicted octanol–water partition coefficient (Wildman–Crippen LogP) is 2.51. The number of hydrogen-bond donors (Lipinski definition) is 0. The second kappa shape index (κ2) is 4.12. The average Bonchev–Trinajstić information content (AvgIpc) is 2.18. The summed E-state index contributed by atoms with van der Waals surface area (Å²) in [6.45, 7) is 0. The lowest BCUT2D eigenvalue weighted by Crippen LogP contribution is -1.81. The first kappa shape index (κ1) is 8.25. The minimum absolute atomic E-state index is 0.436. The first-order valence-corrected chi connectivity index (χ1v) is 4.05. The number of rotatable bonds is 2. The van der Waals surface area contributed by atoms with Crippen LogP contribution in [0.15, 0.2) is 40.1 Å². The van der Waals surface area contributed by atoms with Gasteiger partial charge in [0.25, 0.3) is 0 Å². The molecule has 0 aromatic rings. The molecule has 2 heteroatoms. The van der Waals surface area contributed by atoms with Gasteiger partial charge in [0.1, 0.15) is 6.29 Å². The van der Waals surface area contributed by atoms with E-state index in [0.29, 0.717) is 6.42 Å². The van der Waals surface area contributed by atoms with E-state index in [0.717, 1.165) is 16.3 Å². The molecule has 0 heterocycles. The molecule has 0 atom stereocenters. The topological polar surface area (TPSA) is 17.1 Å². The first-order valence-electron chi connectivity index (χ1n) is 3.26. The van der Waals surface area contributed by atoms with E-state index in [1.807, 2.05) is 12.2 Å². The largest absolute Gasteiger partial charge is 0.303 e. The summed E-state index contributed by atoms with van der Waals surface area (Å²) in [4.78, 5) is 10.2. The van der Waals surface area contributed by atoms with Crippen molar-refractivity contribution in [3.8, 4) is 0 Å². The molecule has 1 rings (SSSR count). The highest BCUT2D eigenvalue weighted by Gasteiger charge is 1.97. The third-order valence-electron chi connectivity index (χ3n) is 1.30. The molecule has 0 aromatic carbocycles. The van der Waals surface area contributed by atoms with Crippen molar-refractivity contribution in [1.29, 1.82) is 0 Å². The van der Waals surface area contributed by atoms with E-state index >= 15 is 0 Å². The van der Waals surface area contributed by atoms with Crippen molar-refractivity contribution in [2.45, 2.75) is 6.42 Å². The predicted molar refractivity (Wildman–Crippen MR) is 48.4 cm³/mol. The van der Waals surface area contributed by atoms with Gasteiger partial charge in [-0.25, -0.2) is 0 Å². The minimum atomic E-state index is 0.436. The van der Waals surface area contributed by atoms with Crippen LogP contribution in [0.1, 0.15) is 6.42 Å². The lowest BCUT2D eigenvalue weighted by molar-refractivity contribution is -0.107. The van der Waals surface area contributed by atoms with Crippen LogP contribution in [0.3, 0.4) is 0 Å². The number of aldehydes is 1. The quantitative estimate of drug-likeness (QED) is 0.506. The Bertz CT molecular complexity index is 278. The Hall–Kier alpha value is -0.850. The van der Waals surface area contributed by atoms with E-state index in [1.165, 1.54) is 0 Å². The van der Waals surface area contributed by atoms with Crippen LogP contribution in [0.25, 0.3) is 0 Å². The maximum Gasteiger partial charge on any atom is 0.124 e. The van der Waals surface area contributed by atoms with Gasteiger partial charge in [-0.2, -0.15) is 0 Å². The van der Waals surface area contributed by atoms with E-state index in [-0.39, 0.29) is 0 Å². The standard InChI is InChI=1S/C9H7BrO/c10-9-5-3-1-2-4-8(9)6-7-11/h1,3-5,7H,6H2. The molecule has 56 valence electrons. The van der Waals surface area contributed by atoms with Crippen LogP contribution in [0, 0.1) is 0 Å². The van der Waals surface area contributed by atoms with Gasteiger partial charge in [-0.1, -0.05) is 22.0 Å². The van der Waals surface area contributed by atoms with Crippen molar-refractivity contribution in [1.82, 2.24) is 0 Å². The van der Waals surface area contributed by atoms with Gasteiger partial charge in [-0.05, 0) is 23.8 Å². The van der Waals surface area contributed by atoms with Crippen molar-refractivity contribution in [3.05, 3.63) is 40.1 Å². The molecule has 1 aliphatic carbocycles. The molecule has 0 amide bonds. The maximum atomic E-state index is 10.2. The van der Waals surface area contributed by atoms with E-state index in [4.69, 9.17) is 0 Å². The van der Waals surface area contributed by atoms with Gasteiger partial charge in [0.2, 0.25) is 0 Å². The maximum absolute atomic E-state index is 10.2. The number of hydrogen-bond acceptors (Lipinski definition) is 1. The summed E-state index contributed by atoms with van der Waals surface area (Å²) in [6.07, 6.45) is 8.70. The highest BCUT2D eigenvalue weighted by atomic mass is 79.9. The molecule has 0 aromatic heterocycles. The van der Waals surface area contributed by atoms with Gasteiger partial charge in [-0.3, -0.25) is 0 Å². The molecular weight excluding hydrogens is 204 g/mol. The van der Waals surface area contributed by atoms with Gasteiger partial charge in [0, 0.05) is 10.9 Å². The zero-order chi connectivity index (χ0) is 8.10. The molecule has 11 heavy (non-hydrogen) atoms. The number of allylic oxidation sites excluding steroid dienone is 5. The highest BCUT2D eigenvalue weighted by molar-refractivity contribution is 9.11. The monoisotopic (exact) mass is 210 g/mol. The molecular formula is C9H7BrO. The fraction of sp³-hybridized carbons (Fsp3) is 0.111. The second-order valence-corrected chi connectivity index (χ2v) is 2.94. The van der Waals surface area contributed by atoms with Crippen molar-refractivity contribution in [3.63, 3.8) is 0 Å². The van der Waals surface area contributed by atoms with Crippen LogP contribution in [0.5, 0.6) is 0 Å². The number of carbonyl (C=O) groups is 1. The van der Waals surface area contributed by atoms with Crippen molar-refractivity contribution in [2.24, 2.45) is 0 Å². The Morgan fingerprint density at radius 2 is 2.45 bits per heavy atom. The van der Waals surface area contributed by atoms with Gasteiger partial charge in [0.05, 0.1) is 0 Å². The lowest BCUT2D eigenvalue weighted by Gasteiger charge is -1.94. The third kappa shape index (κ3) is 2.34. The van der Waals surface area contributed by atoms with Crippen LogP contribution < -0.4 is 0 Å². The van der Waals surface area contributed by atoms with Crippen LogP contribution in [0.2, 0.25) is 0 Å². The van der Waals surface area contributed by atoms with Crippen molar-refractivity contribution < 1.29 is 4.79 Å². The fourth-order valence-electron chi connectivity index (χ4n) is 0.759. The van der Waals surface area contributed by atoms with E-state index < -0.39 is 0 Å². The molecule has 0 aliphatic heterocycles. The minimum Gasteiger partial charge on any atom is -0.303 e. The smallest absolute Gasteiger partial charge is 0.124 e. The summed E-state index contributed by atoms with van der Waals surface area (Å²) < 4.78 is 0.950. The fourth-order valence-corrected chi connectivity index (χ4v) is 1.19. The normalized spacial score (nSPS) is 15.4. The zero-order valence-corrected chi connectivity index (χ0v) is 7.47. The Kier molecular flexibility index (Phi) is 3.09. The molecule has 0 bridgehead atoms. The Balaban J connectivity index is 2.95. The Labute approximate surface area is 73.9 Å². The molecule has 1 nitrogen and oxygen atoms in total. The molecule has 0 saturated carbocycles. The average molecular weight is 211 g/mol. The lowest BCUT2D eigenvalue weighted by atomic mass is 10.2. The van der Waals surface area contributed by atoms with E-state index in [9.17, 15) is 4.79 Å². The number of halogens is 1. The highest BCUT2D eigenvalue weighted by Crippen LogP contribution is 2.18. The third-order valence-corrected chi connectivity index (χ3v) is 2.08. The van der Waals surface area contributed by atoms with Gasteiger partial charge in [0.15, 0.2) is 0 Å². The summed E-state index contributed by atoms with van der Waals surface area (Å²) in [5.74, 6) is 0.